The summed E-state index contributed by atoms with van der Waals surface area (Å²) in [6.45, 7) is 11.1. The first kappa shape index (κ1) is 12.4. The summed E-state index contributed by atoms with van der Waals surface area (Å²) in [5, 5.41) is 9.78. The van der Waals surface area contributed by atoms with Gasteiger partial charge in [0.1, 0.15) is 0 Å². The molecule has 3 atom stereocenters. The first-order valence-electron chi connectivity index (χ1n) is 6.53. The summed E-state index contributed by atoms with van der Waals surface area (Å²) in [7, 11) is 0. The van der Waals surface area contributed by atoms with E-state index in [2.05, 4.69) is 34.6 Å². The lowest BCUT2D eigenvalue weighted by Crippen LogP contribution is -2.38. The van der Waals surface area contributed by atoms with Crippen LogP contribution >= 0.6 is 0 Å². The Hall–Kier alpha value is -0.0800. The molecule has 2 fully saturated rings. The zero-order valence-corrected chi connectivity index (χ0v) is 11.3. The van der Waals surface area contributed by atoms with E-state index < -0.39 is 0 Å². The van der Waals surface area contributed by atoms with E-state index in [1.807, 2.05) is 0 Å². The van der Waals surface area contributed by atoms with Crippen LogP contribution in [0.5, 0.6) is 0 Å². The standard InChI is InChI=1S/C14H26O2/c1-12(2)9-11(13(3,4)16-12)14(5)7-6-10(15)8-14/h10-11,15H,6-9H2,1-5H3. The molecule has 0 spiro atoms. The molecule has 1 saturated heterocycles. The van der Waals surface area contributed by atoms with Gasteiger partial charge in [-0.25, -0.2) is 0 Å². The maximum absolute atomic E-state index is 9.78. The molecule has 1 aliphatic heterocycles. The Bertz CT molecular complexity index is 282. The van der Waals surface area contributed by atoms with Crippen LogP contribution in [0.1, 0.15) is 60.3 Å². The smallest absolute Gasteiger partial charge is 0.0668 e. The van der Waals surface area contributed by atoms with E-state index in [4.69, 9.17) is 4.74 Å². The molecule has 2 rings (SSSR count). The molecule has 0 bridgehead atoms. The Balaban J connectivity index is 2.21. The summed E-state index contributed by atoms with van der Waals surface area (Å²) in [6.07, 6.45) is 4.07. The number of hydrogen-bond acceptors (Lipinski definition) is 2. The van der Waals surface area contributed by atoms with Crippen molar-refractivity contribution in [3.63, 3.8) is 0 Å². The Morgan fingerprint density at radius 2 is 1.69 bits per heavy atom. The van der Waals surface area contributed by atoms with Crippen molar-refractivity contribution in [2.24, 2.45) is 11.3 Å². The van der Waals surface area contributed by atoms with Gasteiger partial charge in [-0.15, -0.1) is 0 Å². The zero-order valence-electron chi connectivity index (χ0n) is 11.3. The number of aliphatic hydroxyl groups is 1. The lowest BCUT2D eigenvalue weighted by molar-refractivity contribution is -0.0884. The lowest BCUT2D eigenvalue weighted by atomic mass is 9.67. The molecule has 16 heavy (non-hydrogen) atoms. The third-order valence-electron chi connectivity index (χ3n) is 4.67. The van der Waals surface area contributed by atoms with Crippen molar-refractivity contribution >= 4 is 0 Å². The van der Waals surface area contributed by atoms with E-state index in [1.54, 1.807) is 0 Å². The van der Waals surface area contributed by atoms with Crippen molar-refractivity contribution in [3.8, 4) is 0 Å². The van der Waals surface area contributed by atoms with Crippen LogP contribution in [0.15, 0.2) is 0 Å². The van der Waals surface area contributed by atoms with E-state index in [0.29, 0.717) is 5.92 Å². The van der Waals surface area contributed by atoms with Crippen LogP contribution in [-0.2, 0) is 4.74 Å². The van der Waals surface area contributed by atoms with Crippen LogP contribution in [0.4, 0.5) is 0 Å². The fraction of sp³-hybridized carbons (Fsp3) is 1.00. The molecule has 2 aliphatic rings. The van der Waals surface area contributed by atoms with Gasteiger partial charge in [0.15, 0.2) is 0 Å². The number of hydrogen-bond donors (Lipinski definition) is 1. The van der Waals surface area contributed by atoms with Crippen LogP contribution in [-0.4, -0.2) is 22.4 Å². The Morgan fingerprint density at radius 3 is 2.06 bits per heavy atom. The number of ether oxygens (including phenoxy) is 1. The van der Waals surface area contributed by atoms with E-state index in [0.717, 1.165) is 25.7 Å². The second kappa shape index (κ2) is 3.46. The molecule has 0 amide bonds. The van der Waals surface area contributed by atoms with Crippen molar-refractivity contribution in [3.05, 3.63) is 0 Å². The summed E-state index contributed by atoms with van der Waals surface area (Å²) in [6, 6.07) is 0. The van der Waals surface area contributed by atoms with Gasteiger partial charge in [0.2, 0.25) is 0 Å². The third kappa shape index (κ3) is 2.02. The molecule has 0 aromatic heterocycles. The van der Waals surface area contributed by atoms with Crippen molar-refractivity contribution in [1.29, 1.82) is 0 Å². The maximum atomic E-state index is 9.78. The van der Waals surface area contributed by atoms with E-state index in [1.165, 1.54) is 0 Å². The van der Waals surface area contributed by atoms with Crippen molar-refractivity contribution in [2.75, 3.05) is 0 Å². The first-order chi connectivity index (χ1) is 7.15. The van der Waals surface area contributed by atoms with Crippen LogP contribution in [0.2, 0.25) is 0 Å². The monoisotopic (exact) mass is 226 g/mol. The Morgan fingerprint density at radius 1 is 1.06 bits per heavy atom. The highest BCUT2D eigenvalue weighted by atomic mass is 16.5. The first-order valence-corrected chi connectivity index (χ1v) is 6.53. The molecule has 2 nitrogen and oxygen atoms in total. The average Bonchev–Trinajstić information content (AvgIpc) is 2.51. The molecule has 2 heteroatoms. The van der Waals surface area contributed by atoms with Gasteiger partial charge in [0.25, 0.3) is 0 Å². The lowest BCUT2D eigenvalue weighted by Gasteiger charge is -2.38. The second-order valence-electron chi connectivity index (χ2n) is 7.27. The van der Waals surface area contributed by atoms with Crippen molar-refractivity contribution < 1.29 is 9.84 Å². The van der Waals surface area contributed by atoms with Crippen molar-refractivity contribution in [2.45, 2.75) is 77.6 Å². The largest absolute Gasteiger partial charge is 0.393 e. The summed E-state index contributed by atoms with van der Waals surface area (Å²) in [5.74, 6) is 0.562. The number of aliphatic hydroxyl groups excluding tert-OH is 1. The highest BCUT2D eigenvalue weighted by Gasteiger charge is 2.55. The van der Waals surface area contributed by atoms with Gasteiger partial charge >= 0.3 is 0 Å². The summed E-state index contributed by atoms with van der Waals surface area (Å²) in [4.78, 5) is 0. The molecule has 0 radical (unpaired) electrons. The quantitative estimate of drug-likeness (QED) is 0.744. The highest BCUT2D eigenvalue weighted by molar-refractivity contribution is 5.04. The van der Waals surface area contributed by atoms with E-state index >= 15 is 0 Å². The zero-order chi connectivity index (χ0) is 12.2. The van der Waals surface area contributed by atoms with Gasteiger partial charge in [-0.05, 0) is 64.7 Å². The summed E-state index contributed by atoms with van der Waals surface area (Å²) in [5.41, 5.74) is 0.198. The molecule has 1 saturated carbocycles. The summed E-state index contributed by atoms with van der Waals surface area (Å²) < 4.78 is 6.18. The second-order valence-corrected chi connectivity index (χ2v) is 7.27. The SMILES string of the molecule is CC1(C)CC(C2(C)CCC(O)C2)C(C)(C)O1. The van der Waals surface area contributed by atoms with Crippen LogP contribution in [0.3, 0.4) is 0 Å². The number of rotatable bonds is 1. The summed E-state index contributed by atoms with van der Waals surface area (Å²) >= 11 is 0. The molecule has 1 N–H and O–H groups in total. The minimum Gasteiger partial charge on any atom is -0.393 e. The van der Waals surface area contributed by atoms with Gasteiger partial charge in [-0.3, -0.25) is 0 Å². The van der Waals surface area contributed by atoms with Gasteiger partial charge < -0.3 is 9.84 Å². The third-order valence-corrected chi connectivity index (χ3v) is 4.67. The maximum Gasteiger partial charge on any atom is 0.0668 e. The Labute approximate surface area is 99.4 Å². The molecule has 94 valence electrons. The average molecular weight is 226 g/mol. The molecular formula is C14H26O2. The topological polar surface area (TPSA) is 29.5 Å². The van der Waals surface area contributed by atoms with Crippen LogP contribution in [0.25, 0.3) is 0 Å². The molecule has 1 aliphatic carbocycles. The Kier molecular flexibility index (Phi) is 2.67. The normalized spacial score (nSPS) is 46.1. The predicted molar refractivity (Wildman–Crippen MR) is 65.3 cm³/mol. The minimum absolute atomic E-state index is 0.00921. The molecule has 1 heterocycles. The highest BCUT2D eigenvalue weighted by Crippen LogP contribution is 2.56. The molecule has 3 unspecified atom stereocenters. The van der Waals surface area contributed by atoms with E-state index in [9.17, 15) is 5.11 Å². The van der Waals surface area contributed by atoms with E-state index in [-0.39, 0.29) is 22.7 Å². The van der Waals surface area contributed by atoms with Gasteiger partial charge in [0, 0.05) is 0 Å². The fourth-order valence-electron chi connectivity index (χ4n) is 4.20. The minimum atomic E-state index is -0.0930. The predicted octanol–water partition coefficient (Wildman–Crippen LogP) is 3.13. The molecular weight excluding hydrogens is 200 g/mol. The molecule has 0 aromatic rings. The molecule has 0 aromatic carbocycles. The van der Waals surface area contributed by atoms with Gasteiger partial charge in [-0.1, -0.05) is 6.92 Å². The van der Waals surface area contributed by atoms with Crippen LogP contribution in [0, 0.1) is 11.3 Å². The fourth-order valence-corrected chi connectivity index (χ4v) is 4.20. The van der Waals surface area contributed by atoms with Crippen LogP contribution < -0.4 is 0 Å². The van der Waals surface area contributed by atoms with Gasteiger partial charge in [0.05, 0.1) is 17.3 Å². The van der Waals surface area contributed by atoms with Crippen molar-refractivity contribution in [1.82, 2.24) is 0 Å². The van der Waals surface area contributed by atoms with Gasteiger partial charge in [-0.2, -0.15) is 0 Å².